The van der Waals surface area contributed by atoms with Crippen molar-refractivity contribution in [3.05, 3.63) is 71.7 Å². The highest BCUT2D eigenvalue weighted by Crippen LogP contribution is 2.24. The molecule has 0 saturated carbocycles. The number of amides is 1. The van der Waals surface area contributed by atoms with E-state index in [1.807, 2.05) is 24.3 Å². The van der Waals surface area contributed by atoms with Gasteiger partial charge in [0.25, 0.3) is 0 Å². The molecule has 2 aromatic heterocycles. The number of carbonyl (C=O) groups excluding carboxylic acids is 1. The zero-order chi connectivity index (χ0) is 27.1. The number of hydrogen-bond donors (Lipinski definition) is 3. The lowest BCUT2D eigenvalue weighted by Crippen LogP contribution is -2.47. The van der Waals surface area contributed by atoms with E-state index in [1.54, 1.807) is 36.6 Å². The third-order valence-corrected chi connectivity index (χ3v) is 6.33. The Morgan fingerprint density at radius 3 is 2.39 bits per heavy atom. The van der Waals surface area contributed by atoms with Gasteiger partial charge in [-0.2, -0.15) is 0 Å². The van der Waals surface area contributed by atoms with Crippen LogP contribution in [-0.2, 0) is 22.7 Å². The fourth-order valence-corrected chi connectivity index (χ4v) is 4.30. The molecule has 1 aromatic carbocycles. The van der Waals surface area contributed by atoms with Gasteiger partial charge in [0.05, 0.1) is 13.2 Å². The molecule has 11 heteroatoms. The molecule has 11 nitrogen and oxygen atoms in total. The summed E-state index contributed by atoms with van der Waals surface area (Å²) in [6.07, 6.45) is 7.71. The van der Waals surface area contributed by atoms with Crippen LogP contribution in [0.1, 0.15) is 16.7 Å². The van der Waals surface area contributed by atoms with Crippen molar-refractivity contribution >= 4 is 29.7 Å². The third kappa shape index (κ3) is 6.50. The van der Waals surface area contributed by atoms with Crippen LogP contribution in [0, 0.1) is 0 Å². The number of piperazine rings is 1. The number of aliphatic carboxylic acids is 1. The smallest absolute Gasteiger partial charge is 0.328 e. The molecule has 4 N–H and O–H groups in total. The first kappa shape index (κ1) is 26.7. The van der Waals surface area contributed by atoms with Crippen molar-refractivity contribution in [2.45, 2.75) is 13.2 Å². The predicted molar refractivity (Wildman–Crippen MR) is 144 cm³/mol. The van der Waals surface area contributed by atoms with Crippen molar-refractivity contribution in [2.75, 3.05) is 49.6 Å². The fraction of sp³-hybridized carbons (Fsp3) is 0.296. The molecule has 1 saturated heterocycles. The van der Waals surface area contributed by atoms with E-state index in [9.17, 15) is 14.7 Å². The zero-order valence-electron chi connectivity index (χ0n) is 21.2. The Balaban J connectivity index is 1.39. The lowest BCUT2D eigenvalue weighted by molar-refractivity contribution is -0.131. The van der Waals surface area contributed by atoms with Crippen molar-refractivity contribution in [1.29, 1.82) is 0 Å². The second-order valence-corrected chi connectivity index (χ2v) is 8.98. The molecular weight excluding hydrogens is 486 g/mol. The average molecular weight is 518 g/mol. The molecule has 0 unspecified atom stereocenters. The van der Waals surface area contributed by atoms with E-state index in [0.29, 0.717) is 55.6 Å². The second-order valence-electron chi connectivity index (χ2n) is 8.98. The maximum absolute atomic E-state index is 11.8. The monoisotopic (exact) mass is 517 g/mol. The number of carbonyl (C=O) groups is 2. The van der Waals surface area contributed by atoms with E-state index in [2.05, 4.69) is 24.8 Å². The van der Waals surface area contributed by atoms with Crippen LogP contribution in [-0.4, -0.2) is 81.7 Å². The maximum Gasteiger partial charge on any atom is 0.328 e. The molecule has 0 spiro atoms. The van der Waals surface area contributed by atoms with Gasteiger partial charge in [-0.3, -0.25) is 4.79 Å². The number of nitrogens with two attached hydrogens (primary N) is 1. The normalized spacial score (nSPS) is 13.7. The summed E-state index contributed by atoms with van der Waals surface area (Å²) in [5.41, 5.74) is 9.56. The number of aliphatic hydroxyl groups is 1. The Kier molecular flexibility index (Phi) is 8.62. The van der Waals surface area contributed by atoms with E-state index in [4.69, 9.17) is 10.8 Å². The van der Waals surface area contributed by atoms with E-state index >= 15 is 0 Å². The Hall–Kier alpha value is -4.35. The molecular formula is C27H31N7O4. The quantitative estimate of drug-likeness (QED) is 0.355. The number of anilines is 2. The predicted octanol–water partition coefficient (Wildman–Crippen LogP) is 1.37. The van der Waals surface area contributed by atoms with E-state index in [-0.39, 0.29) is 19.1 Å². The zero-order valence-corrected chi connectivity index (χ0v) is 21.2. The average Bonchev–Trinajstić information content (AvgIpc) is 2.95. The Morgan fingerprint density at radius 1 is 1.03 bits per heavy atom. The summed E-state index contributed by atoms with van der Waals surface area (Å²) >= 11 is 0. The molecule has 1 aliphatic heterocycles. The minimum Gasteiger partial charge on any atom is -0.478 e. The van der Waals surface area contributed by atoms with Crippen molar-refractivity contribution in [3.8, 4) is 11.1 Å². The summed E-state index contributed by atoms with van der Waals surface area (Å²) in [7, 11) is 1.73. The minimum atomic E-state index is -1.04. The second kappa shape index (κ2) is 12.3. The van der Waals surface area contributed by atoms with Gasteiger partial charge in [0, 0.05) is 75.6 Å². The van der Waals surface area contributed by atoms with Crippen molar-refractivity contribution < 1.29 is 19.8 Å². The number of carboxylic acid groups (broad SMARTS) is 1. The number of aromatic nitrogens is 3. The van der Waals surface area contributed by atoms with Crippen LogP contribution in [0.2, 0.25) is 0 Å². The van der Waals surface area contributed by atoms with E-state index in [1.165, 1.54) is 6.08 Å². The van der Waals surface area contributed by atoms with Gasteiger partial charge in [-0.1, -0.05) is 18.2 Å². The van der Waals surface area contributed by atoms with Gasteiger partial charge >= 0.3 is 5.97 Å². The maximum atomic E-state index is 11.8. The lowest BCUT2D eigenvalue weighted by atomic mass is 10.1. The molecule has 38 heavy (non-hydrogen) atoms. The Bertz CT molecular complexity index is 1310. The topological polar surface area (TPSA) is 149 Å². The standard InChI is InChI=1S/C27H31N7O4/c1-32(24(36)13-28)17-20-3-2-4-21(12-20)23-15-30-27(31-16-23)34-9-7-33(8-10-34)26-22(18-35)11-19(14-29-26)5-6-25(37)38/h2-6,11-12,14-16,35H,7-10,13,17-18,28H2,1H3,(H,37,38). The molecule has 198 valence electrons. The van der Waals surface area contributed by atoms with Crippen LogP contribution in [0.15, 0.2) is 55.0 Å². The first-order chi connectivity index (χ1) is 18.4. The summed E-state index contributed by atoms with van der Waals surface area (Å²) in [5, 5.41) is 18.7. The minimum absolute atomic E-state index is 0.0165. The van der Waals surface area contributed by atoms with Crippen LogP contribution in [0.3, 0.4) is 0 Å². The van der Waals surface area contributed by atoms with Crippen molar-refractivity contribution in [2.24, 2.45) is 5.73 Å². The highest BCUT2D eigenvalue weighted by molar-refractivity contribution is 5.85. The highest BCUT2D eigenvalue weighted by atomic mass is 16.4. The molecule has 0 atom stereocenters. The summed E-state index contributed by atoms with van der Waals surface area (Å²) in [6.45, 7) is 2.98. The van der Waals surface area contributed by atoms with Gasteiger partial charge in [0.15, 0.2) is 0 Å². The number of rotatable bonds is 9. The SMILES string of the molecule is CN(Cc1cccc(-c2cnc(N3CCN(c4ncc(C=CC(=O)O)cc4CO)CC3)nc2)c1)C(=O)CN. The van der Waals surface area contributed by atoms with Gasteiger partial charge in [-0.05, 0) is 34.9 Å². The van der Waals surface area contributed by atoms with Crippen molar-refractivity contribution in [1.82, 2.24) is 19.9 Å². The molecule has 4 rings (SSSR count). The molecule has 1 amide bonds. The summed E-state index contributed by atoms with van der Waals surface area (Å²) < 4.78 is 0. The number of pyridine rings is 1. The summed E-state index contributed by atoms with van der Waals surface area (Å²) in [5.74, 6) is 0.178. The van der Waals surface area contributed by atoms with Crippen LogP contribution in [0.5, 0.6) is 0 Å². The van der Waals surface area contributed by atoms with Gasteiger partial charge in [0.1, 0.15) is 5.82 Å². The van der Waals surface area contributed by atoms with Crippen LogP contribution >= 0.6 is 0 Å². The molecule has 0 bridgehead atoms. The first-order valence-electron chi connectivity index (χ1n) is 12.2. The van der Waals surface area contributed by atoms with Gasteiger partial charge in [0.2, 0.25) is 11.9 Å². The molecule has 0 radical (unpaired) electrons. The number of carboxylic acids is 1. The Labute approximate surface area is 220 Å². The number of likely N-dealkylation sites (N-methyl/N-ethyl adjacent to an activating group) is 1. The van der Waals surface area contributed by atoms with E-state index < -0.39 is 5.97 Å². The van der Waals surface area contributed by atoms with Gasteiger partial charge in [-0.25, -0.2) is 19.7 Å². The summed E-state index contributed by atoms with van der Waals surface area (Å²) in [4.78, 5) is 42.0. The fourth-order valence-electron chi connectivity index (χ4n) is 4.30. The lowest BCUT2D eigenvalue weighted by Gasteiger charge is -2.36. The van der Waals surface area contributed by atoms with Crippen LogP contribution in [0.25, 0.3) is 17.2 Å². The largest absolute Gasteiger partial charge is 0.478 e. The molecule has 3 aromatic rings. The number of nitrogens with zero attached hydrogens (tertiary/aromatic N) is 6. The molecule has 1 fully saturated rings. The van der Waals surface area contributed by atoms with Crippen LogP contribution in [0.4, 0.5) is 11.8 Å². The first-order valence-corrected chi connectivity index (χ1v) is 12.2. The van der Waals surface area contributed by atoms with Gasteiger partial charge in [-0.15, -0.1) is 0 Å². The molecule has 1 aliphatic rings. The third-order valence-electron chi connectivity index (χ3n) is 6.33. The van der Waals surface area contributed by atoms with Crippen LogP contribution < -0.4 is 15.5 Å². The molecule has 3 heterocycles. The summed E-state index contributed by atoms with van der Waals surface area (Å²) in [6, 6.07) is 9.67. The number of aliphatic hydroxyl groups excluding tert-OH is 1. The van der Waals surface area contributed by atoms with Gasteiger partial charge < -0.3 is 30.6 Å². The highest BCUT2D eigenvalue weighted by Gasteiger charge is 2.22. The molecule has 0 aliphatic carbocycles. The number of benzene rings is 1. The Morgan fingerprint density at radius 2 is 1.74 bits per heavy atom. The van der Waals surface area contributed by atoms with E-state index in [0.717, 1.165) is 22.8 Å². The van der Waals surface area contributed by atoms with Crippen molar-refractivity contribution in [3.63, 3.8) is 0 Å². The number of hydrogen-bond acceptors (Lipinski definition) is 9.